The van der Waals surface area contributed by atoms with E-state index < -0.39 is 11.5 Å². The summed E-state index contributed by atoms with van der Waals surface area (Å²) in [6, 6.07) is 0. The summed E-state index contributed by atoms with van der Waals surface area (Å²) in [7, 11) is 0. The van der Waals surface area contributed by atoms with E-state index in [1.807, 2.05) is 13.8 Å². The Bertz CT molecular complexity index is 267. The maximum atomic E-state index is 11.9. The first-order valence-electron chi connectivity index (χ1n) is 6.78. The zero-order valence-corrected chi connectivity index (χ0v) is 14.4. The van der Waals surface area contributed by atoms with Gasteiger partial charge in [-0.05, 0) is 13.3 Å². The summed E-state index contributed by atoms with van der Waals surface area (Å²) in [6.07, 6.45) is -0.140. The van der Waals surface area contributed by atoms with Crippen LogP contribution in [0.5, 0.6) is 0 Å². The van der Waals surface area contributed by atoms with Crippen LogP contribution in [0.25, 0.3) is 0 Å². The fraction of sp³-hybridized carbons (Fsp3) is 0.923. The zero-order valence-electron chi connectivity index (χ0n) is 12.2. The van der Waals surface area contributed by atoms with E-state index in [-0.39, 0.29) is 32.3 Å². The van der Waals surface area contributed by atoms with Crippen LogP contribution in [-0.4, -0.2) is 76.2 Å². The minimum atomic E-state index is -0.827. The first-order chi connectivity index (χ1) is 9.43. The normalized spacial score (nSPS) is 15.9. The average molecular weight is 403 g/mol. The van der Waals surface area contributed by atoms with Crippen molar-refractivity contribution in [2.45, 2.75) is 26.4 Å². The molecule has 0 amide bonds. The summed E-state index contributed by atoms with van der Waals surface area (Å²) >= 11 is 2.15. The Balaban J connectivity index is 4.20. The van der Waals surface area contributed by atoms with Crippen LogP contribution in [0, 0.1) is 5.41 Å². The molecule has 2 atom stereocenters. The Hall–Kier alpha value is 0.0400. The number of halogens is 1. The molecule has 0 aromatic rings. The summed E-state index contributed by atoms with van der Waals surface area (Å²) in [4.78, 5) is 13.7. The molecule has 0 aromatic carbocycles. The zero-order chi connectivity index (χ0) is 15.6. The Morgan fingerprint density at radius 3 is 2.30 bits per heavy atom. The van der Waals surface area contributed by atoms with Gasteiger partial charge in [-0.15, -0.1) is 0 Å². The SMILES string of the molecule is CCC(C)(CI)C(=O)OCC(O)CN(CCO)CCO. The van der Waals surface area contributed by atoms with Gasteiger partial charge in [-0.1, -0.05) is 29.5 Å². The minimum Gasteiger partial charge on any atom is -0.462 e. The van der Waals surface area contributed by atoms with Crippen LogP contribution in [0.3, 0.4) is 0 Å². The molecule has 3 N–H and O–H groups in total. The quantitative estimate of drug-likeness (QED) is 0.256. The van der Waals surface area contributed by atoms with E-state index in [1.165, 1.54) is 0 Å². The predicted molar refractivity (Wildman–Crippen MR) is 84.9 cm³/mol. The Labute approximate surface area is 134 Å². The van der Waals surface area contributed by atoms with Crippen molar-refractivity contribution in [1.82, 2.24) is 4.90 Å². The van der Waals surface area contributed by atoms with Crippen molar-refractivity contribution in [3.8, 4) is 0 Å². The molecule has 0 saturated heterocycles. The topological polar surface area (TPSA) is 90.2 Å². The number of rotatable bonds is 11. The molecule has 0 aliphatic carbocycles. The van der Waals surface area contributed by atoms with Crippen molar-refractivity contribution in [3.05, 3.63) is 0 Å². The molecule has 2 unspecified atom stereocenters. The van der Waals surface area contributed by atoms with Crippen molar-refractivity contribution < 1.29 is 24.9 Å². The van der Waals surface area contributed by atoms with Gasteiger partial charge in [0, 0.05) is 24.1 Å². The number of hydrogen-bond acceptors (Lipinski definition) is 6. The molecule has 0 bridgehead atoms. The first-order valence-corrected chi connectivity index (χ1v) is 8.31. The number of carbonyl (C=O) groups excluding carboxylic acids is 1. The first kappa shape index (κ1) is 20.0. The molecule has 0 spiro atoms. The molecule has 20 heavy (non-hydrogen) atoms. The molecule has 0 aromatic heterocycles. The predicted octanol–water partition coefficient (Wildman–Crippen LogP) is 0.0284. The number of esters is 1. The van der Waals surface area contributed by atoms with Gasteiger partial charge in [-0.3, -0.25) is 9.69 Å². The Morgan fingerprint density at radius 2 is 1.90 bits per heavy atom. The third-order valence-electron chi connectivity index (χ3n) is 3.28. The van der Waals surface area contributed by atoms with Crippen LogP contribution in [0.2, 0.25) is 0 Å². The number of aliphatic hydroxyl groups excluding tert-OH is 3. The van der Waals surface area contributed by atoms with E-state index in [0.717, 1.165) is 0 Å². The minimum absolute atomic E-state index is 0.0464. The van der Waals surface area contributed by atoms with Crippen molar-refractivity contribution >= 4 is 28.6 Å². The van der Waals surface area contributed by atoms with Crippen LogP contribution in [-0.2, 0) is 9.53 Å². The third-order valence-corrected chi connectivity index (χ3v) is 4.96. The fourth-order valence-corrected chi connectivity index (χ4v) is 2.42. The molecule has 120 valence electrons. The monoisotopic (exact) mass is 403 g/mol. The van der Waals surface area contributed by atoms with Gasteiger partial charge < -0.3 is 20.1 Å². The summed E-state index contributed by atoms with van der Waals surface area (Å²) in [5, 5.41) is 27.6. The van der Waals surface area contributed by atoms with Crippen molar-refractivity contribution in [1.29, 1.82) is 0 Å². The van der Waals surface area contributed by atoms with Gasteiger partial charge in [-0.25, -0.2) is 0 Å². The van der Waals surface area contributed by atoms with E-state index in [0.29, 0.717) is 23.9 Å². The lowest BCUT2D eigenvalue weighted by molar-refractivity contribution is -0.157. The second-order valence-electron chi connectivity index (χ2n) is 5.05. The van der Waals surface area contributed by atoms with Gasteiger partial charge in [0.15, 0.2) is 0 Å². The smallest absolute Gasteiger partial charge is 0.312 e. The van der Waals surface area contributed by atoms with E-state index in [4.69, 9.17) is 14.9 Å². The van der Waals surface area contributed by atoms with Crippen molar-refractivity contribution in [2.24, 2.45) is 5.41 Å². The molecule has 7 heteroatoms. The molecular formula is C13H26INO5. The number of nitrogens with zero attached hydrogens (tertiary/aromatic N) is 1. The number of carbonyl (C=O) groups is 1. The highest BCUT2D eigenvalue weighted by molar-refractivity contribution is 14.1. The van der Waals surface area contributed by atoms with E-state index in [2.05, 4.69) is 22.6 Å². The lowest BCUT2D eigenvalue weighted by Gasteiger charge is -2.26. The highest BCUT2D eigenvalue weighted by atomic mass is 127. The van der Waals surface area contributed by atoms with E-state index in [9.17, 15) is 9.90 Å². The molecule has 0 saturated carbocycles. The fourth-order valence-electron chi connectivity index (χ4n) is 1.57. The molecule has 0 aliphatic heterocycles. The maximum Gasteiger partial charge on any atom is 0.312 e. The second-order valence-corrected chi connectivity index (χ2v) is 5.81. The van der Waals surface area contributed by atoms with Gasteiger partial charge in [0.25, 0.3) is 0 Å². The number of aliphatic hydroxyl groups is 3. The lowest BCUT2D eigenvalue weighted by Crippen LogP contribution is -2.40. The third kappa shape index (κ3) is 7.16. The number of ether oxygens (including phenoxy) is 1. The van der Waals surface area contributed by atoms with Gasteiger partial charge in [0.1, 0.15) is 12.7 Å². The molecule has 6 nitrogen and oxygen atoms in total. The molecule has 0 heterocycles. The maximum absolute atomic E-state index is 11.9. The molecule has 0 rings (SSSR count). The lowest BCUT2D eigenvalue weighted by atomic mass is 9.91. The Morgan fingerprint density at radius 1 is 1.35 bits per heavy atom. The summed E-state index contributed by atoms with van der Waals surface area (Å²) in [5.74, 6) is -0.302. The van der Waals surface area contributed by atoms with Gasteiger partial charge in [0.2, 0.25) is 0 Å². The molecule has 0 radical (unpaired) electrons. The van der Waals surface area contributed by atoms with Crippen LogP contribution >= 0.6 is 22.6 Å². The number of hydrogen-bond donors (Lipinski definition) is 3. The summed E-state index contributed by atoms with van der Waals surface area (Å²) < 4.78 is 5.83. The molecule has 0 fully saturated rings. The van der Waals surface area contributed by atoms with Gasteiger partial charge >= 0.3 is 5.97 Å². The second kappa shape index (κ2) is 10.7. The van der Waals surface area contributed by atoms with Crippen LogP contribution in [0.1, 0.15) is 20.3 Å². The largest absolute Gasteiger partial charge is 0.462 e. The number of alkyl halides is 1. The van der Waals surface area contributed by atoms with Gasteiger partial charge in [-0.2, -0.15) is 0 Å². The average Bonchev–Trinajstić information content (AvgIpc) is 2.44. The molecular weight excluding hydrogens is 377 g/mol. The summed E-state index contributed by atoms with van der Waals surface area (Å²) in [6.45, 7) is 4.60. The van der Waals surface area contributed by atoms with Gasteiger partial charge in [0.05, 0.1) is 18.6 Å². The van der Waals surface area contributed by atoms with Crippen molar-refractivity contribution in [2.75, 3.05) is 43.9 Å². The van der Waals surface area contributed by atoms with Crippen LogP contribution < -0.4 is 0 Å². The van der Waals surface area contributed by atoms with E-state index >= 15 is 0 Å². The highest BCUT2D eigenvalue weighted by Crippen LogP contribution is 2.25. The van der Waals surface area contributed by atoms with Crippen molar-refractivity contribution in [3.63, 3.8) is 0 Å². The highest BCUT2D eigenvalue weighted by Gasteiger charge is 2.32. The Kier molecular flexibility index (Phi) is 10.7. The summed E-state index contributed by atoms with van der Waals surface area (Å²) in [5.41, 5.74) is -0.518. The van der Waals surface area contributed by atoms with E-state index in [1.54, 1.807) is 4.90 Å². The standard InChI is InChI=1S/C13H26INO5/c1-3-13(2,10-14)12(19)20-9-11(18)8-15(4-6-16)5-7-17/h11,16-18H,3-10H2,1-2H3. The van der Waals surface area contributed by atoms with Crippen LogP contribution in [0.15, 0.2) is 0 Å². The molecule has 0 aliphatic rings. The van der Waals surface area contributed by atoms with Crippen LogP contribution in [0.4, 0.5) is 0 Å².